The van der Waals surface area contributed by atoms with Crippen molar-refractivity contribution in [3.63, 3.8) is 0 Å². The molecule has 1 aromatic carbocycles. The van der Waals surface area contributed by atoms with Gasteiger partial charge < -0.3 is 5.32 Å². The minimum atomic E-state index is -3.56. The van der Waals surface area contributed by atoms with E-state index in [1.807, 2.05) is 31.2 Å². The lowest BCUT2D eigenvalue weighted by Gasteiger charge is -2.08. The molecule has 0 fully saturated rings. The molecule has 1 aromatic heterocycles. The fraction of sp³-hybridized carbons (Fsp3) is 0.357. The standard InChI is InChI=1S/C14H20N4O2S/c1-11-5-3-4-6-12(11)7-8-17-21(19,20)14-13(9-15-2)10-16-18-14/h3-6,10,15,17H,7-9H2,1-2H3,(H,16,18). The Hall–Kier alpha value is -1.70. The molecule has 0 spiro atoms. The monoisotopic (exact) mass is 308 g/mol. The molecule has 0 saturated heterocycles. The molecule has 0 unspecified atom stereocenters. The van der Waals surface area contributed by atoms with Crippen LogP contribution >= 0.6 is 0 Å². The molecule has 2 rings (SSSR count). The lowest BCUT2D eigenvalue weighted by molar-refractivity contribution is 0.575. The van der Waals surface area contributed by atoms with Gasteiger partial charge in [0.1, 0.15) is 0 Å². The van der Waals surface area contributed by atoms with Crippen molar-refractivity contribution in [3.05, 3.63) is 47.2 Å². The van der Waals surface area contributed by atoms with E-state index in [2.05, 4.69) is 20.2 Å². The summed E-state index contributed by atoms with van der Waals surface area (Å²) in [6.45, 7) is 2.82. The topological polar surface area (TPSA) is 86.9 Å². The second-order valence-electron chi connectivity index (χ2n) is 4.83. The van der Waals surface area contributed by atoms with Gasteiger partial charge in [0, 0.05) is 18.7 Å². The number of aromatic amines is 1. The number of nitrogens with zero attached hydrogens (tertiary/aromatic N) is 1. The second-order valence-corrected chi connectivity index (χ2v) is 6.53. The lowest BCUT2D eigenvalue weighted by atomic mass is 10.1. The smallest absolute Gasteiger partial charge is 0.257 e. The number of hydrogen-bond donors (Lipinski definition) is 3. The molecule has 3 N–H and O–H groups in total. The summed E-state index contributed by atoms with van der Waals surface area (Å²) in [5.41, 5.74) is 2.93. The van der Waals surface area contributed by atoms with Crippen LogP contribution in [0.25, 0.3) is 0 Å². The molecular weight excluding hydrogens is 288 g/mol. The number of H-pyrrole nitrogens is 1. The average molecular weight is 308 g/mol. The third-order valence-electron chi connectivity index (χ3n) is 3.26. The van der Waals surface area contributed by atoms with Crippen molar-refractivity contribution < 1.29 is 8.42 Å². The number of nitrogens with one attached hydrogen (secondary N) is 3. The zero-order chi connectivity index (χ0) is 15.3. The third kappa shape index (κ3) is 3.90. The zero-order valence-corrected chi connectivity index (χ0v) is 13.0. The molecule has 0 radical (unpaired) electrons. The van der Waals surface area contributed by atoms with Gasteiger partial charge in [-0.15, -0.1) is 0 Å². The van der Waals surface area contributed by atoms with E-state index in [9.17, 15) is 8.42 Å². The Morgan fingerprint density at radius 2 is 2.00 bits per heavy atom. The molecule has 0 aliphatic carbocycles. The van der Waals surface area contributed by atoms with E-state index < -0.39 is 10.0 Å². The minimum absolute atomic E-state index is 0.127. The maximum atomic E-state index is 12.3. The third-order valence-corrected chi connectivity index (χ3v) is 4.74. The van der Waals surface area contributed by atoms with Crippen LogP contribution in [-0.4, -0.2) is 32.2 Å². The fourth-order valence-electron chi connectivity index (χ4n) is 2.13. The largest absolute Gasteiger partial charge is 0.316 e. The summed E-state index contributed by atoms with van der Waals surface area (Å²) in [4.78, 5) is 0. The van der Waals surface area contributed by atoms with Gasteiger partial charge in [-0.05, 0) is 31.5 Å². The molecule has 0 atom stereocenters. The number of benzene rings is 1. The van der Waals surface area contributed by atoms with Crippen LogP contribution in [0.4, 0.5) is 0 Å². The van der Waals surface area contributed by atoms with Crippen molar-refractivity contribution in [2.45, 2.75) is 24.9 Å². The number of hydrogen-bond acceptors (Lipinski definition) is 4. The van der Waals surface area contributed by atoms with Crippen LogP contribution in [-0.2, 0) is 23.0 Å². The van der Waals surface area contributed by atoms with Gasteiger partial charge in [0.05, 0.1) is 6.20 Å². The highest BCUT2D eigenvalue weighted by atomic mass is 32.2. The Balaban J connectivity index is 2.02. The summed E-state index contributed by atoms with van der Waals surface area (Å²) in [7, 11) is -1.80. The Morgan fingerprint density at radius 3 is 2.71 bits per heavy atom. The normalized spacial score (nSPS) is 11.7. The second kappa shape index (κ2) is 6.84. The molecule has 0 amide bonds. The molecule has 7 heteroatoms. The van der Waals surface area contributed by atoms with Crippen LogP contribution in [0, 0.1) is 6.92 Å². The van der Waals surface area contributed by atoms with Crippen LogP contribution in [0.2, 0.25) is 0 Å². The van der Waals surface area contributed by atoms with E-state index >= 15 is 0 Å². The first-order valence-electron chi connectivity index (χ1n) is 6.75. The van der Waals surface area contributed by atoms with Gasteiger partial charge in [-0.2, -0.15) is 5.10 Å². The zero-order valence-electron chi connectivity index (χ0n) is 12.2. The highest BCUT2D eigenvalue weighted by Crippen LogP contribution is 2.12. The van der Waals surface area contributed by atoms with Crippen molar-refractivity contribution in [1.29, 1.82) is 0 Å². The van der Waals surface area contributed by atoms with E-state index in [0.717, 1.165) is 11.1 Å². The summed E-state index contributed by atoms with van der Waals surface area (Å²) in [6.07, 6.45) is 2.17. The van der Waals surface area contributed by atoms with Gasteiger partial charge in [0.15, 0.2) is 5.03 Å². The van der Waals surface area contributed by atoms with Crippen LogP contribution in [0.15, 0.2) is 35.5 Å². The van der Waals surface area contributed by atoms with Gasteiger partial charge in [-0.25, -0.2) is 13.1 Å². The van der Waals surface area contributed by atoms with Crippen molar-refractivity contribution in [1.82, 2.24) is 20.2 Å². The first kappa shape index (κ1) is 15.7. The number of sulfonamides is 1. The van der Waals surface area contributed by atoms with Gasteiger partial charge in [-0.1, -0.05) is 24.3 Å². The Kier molecular flexibility index (Phi) is 5.11. The number of aromatic nitrogens is 2. The SMILES string of the molecule is CNCc1cn[nH]c1S(=O)(=O)NCCc1ccccc1C. The number of rotatable bonds is 7. The predicted molar refractivity (Wildman–Crippen MR) is 81.4 cm³/mol. The van der Waals surface area contributed by atoms with Crippen molar-refractivity contribution in [3.8, 4) is 0 Å². The minimum Gasteiger partial charge on any atom is -0.316 e. The highest BCUT2D eigenvalue weighted by Gasteiger charge is 2.19. The van der Waals surface area contributed by atoms with Crippen LogP contribution in [0.3, 0.4) is 0 Å². The van der Waals surface area contributed by atoms with E-state index in [-0.39, 0.29) is 5.03 Å². The summed E-state index contributed by atoms with van der Waals surface area (Å²) in [5.74, 6) is 0. The molecule has 0 aliphatic heterocycles. The van der Waals surface area contributed by atoms with Crippen LogP contribution < -0.4 is 10.0 Å². The van der Waals surface area contributed by atoms with Crippen LogP contribution in [0.1, 0.15) is 16.7 Å². The van der Waals surface area contributed by atoms with Gasteiger partial charge in [0.25, 0.3) is 10.0 Å². The van der Waals surface area contributed by atoms with Crippen molar-refractivity contribution >= 4 is 10.0 Å². The predicted octanol–water partition coefficient (Wildman–Crippen LogP) is 0.959. The van der Waals surface area contributed by atoms with Crippen LogP contribution in [0.5, 0.6) is 0 Å². The summed E-state index contributed by atoms with van der Waals surface area (Å²) >= 11 is 0. The fourth-order valence-corrected chi connectivity index (χ4v) is 3.29. The number of aryl methyl sites for hydroxylation is 1. The summed E-state index contributed by atoms with van der Waals surface area (Å²) < 4.78 is 27.1. The van der Waals surface area contributed by atoms with Gasteiger partial charge in [-0.3, -0.25) is 5.10 Å². The molecule has 114 valence electrons. The molecular formula is C14H20N4O2S. The molecule has 0 aliphatic rings. The molecule has 0 saturated carbocycles. The summed E-state index contributed by atoms with van der Waals surface area (Å²) in [5, 5.41) is 9.40. The first-order valence-corrected chi connectivity index (χ1v) is 8.24. The Bertz CT molecular complexity index is 695. The molecule has 6 nitrogen and oxygen atoms in total. The molecule has 1 heterocycles. The lowest BCUT2D eigenvalue weighted by Crippen LogP contribution is -2.27. The van der Waals surface area contributed by atoms with Crippen molar-refractivity contribution in [2.24, 2.45) is 0 Å². The highest BCUT2D eigenvalue weighted by molar-refractivity contribution is 7.89. The molecule has 2 aromatic rings. The quantitative estimate of drug-likeness (QED) is 0.711. The Morgan fingerprint density at radius 1 is 1.24 bits per heavy atom. The van der Waals surface area contributed by atoms with E-state index in [1.165, 1.54) is 6.20 Å². The van der Waals surface area contributed by atoms with Gasteiger partial charge >= 0.3 is 0 Å². The molecule has 0 bridgehead atoms. The molecule has 21 heavy (non-hydrogen) atoms. The first-order chi connectivity index (χ1) is 10.0. The van der Waals surface area contributed by atoms with Gasteiger partial charge in [0.2, 0.25) is 0 Å². The van der Waals surface area contributed by atoms with Crippen molar-refractivity contribution in [2.75, 3.05) is 13.6 Å². The Labute approximate surface area is 125 Å². The van der Waals surface area contributed by atoms with E-state index in [0.29, 0.717) is 25.1 Å². The average Bonchev–Trinajstić information content (AvgIpc) is 2.90. The summed E-state index contributed by atoms with van der Waals surface area (Å²) in [6, 6.07) is 7.95. The maximum absolute atomic E-state index is 12.3. The van der Waals surface area contributed by atoms with E-state index in [4.69, 9.17) is 0 Å². The van der Waals surface area contributed by atoms with E-state index in [1.54, 1.807) is 7.05 Å². The maximum Gasteiger partial charge on any atom is 0.257 e.